The lowest BCUT2D eigenvalue weighted by Crippen LogP contribution is -2.38. The van der Waals surface area contributed by atoms with Crippen LogP contribution in [0.5, 0.6) is 0 Å². The summed E-state index contributed by atoms with van der Waals surface area (Å²) < 4.78 is 0. The minimum Gasteiger partial charge on any atom is -0.358 e. The van der Waals surface area contributed by atoms with E-state index in [0.717, 1.165) is 16.3 Å². The van der Waals surface area contributed by atoms with Crippen molar-refractivity contribution in [3.8, 4) is 0 Å². The highest BCUT2D eigenvalue weighted by atomic mass is 35.5. The van der Waals surface area contributed by atoms with Crippen LogP contribution in [-0.2, 0) is 4.79 Å². The summed E-state index contributed by atoms with van der Waals surface area (Å²) in [6.07, 6.45) is 0.610. The Bertz CT molecular complexity index is 440. The molecule has 1 aromatic rings. The molecule has 0 aromatic heterocycles. The van der Waals surface area contributed by atoms with Gasteiger partial charge in [0.2, 0.25) is 0 Å². The first kappa shape index (κ1) is 11.5. The van der Waals surface area contributed by atoms with Crippen molar-refractivity contribution in [1.82, 2.24) is 0 Å². The molecule has 0 spiro atoms. The fourth-order valence-electron chi connectivity index (χ4n) is 2.32. The Hall–Kier alpha value is -1.02. The summed E-state index contributed by atoms with van der Waals surface area (Å²) >= 11 is 6.11. The number of halogens is 1. The average Bonchev–Trinajstić information content (AvgIpc) is 2.44. The molecule has 1 heterocycles. The second kappa shape index (κ2) is 3.77. The van der Waals surface area contributed by atoms with Gasteiger partial charge in [0.1, 0.15) is 0 Å². The first-order valence-corrected chi connectivity index (χ1v) is 5.84. The van der Waals surface area contributed by atoms with Crippen molar-refractivity contribution in [3.05, 3.63) is 28.8 Å². The van der Waals surface area contributed by atoms with E-state index in [2.05, 4.69) is 18.7 Å². The van der Waals surface area contributed by atoms with Crippen molar-refractivity contribution in [2.45, 2.75) is 32.7 Å². The lowest BCUT2D eigenvalue weighted by molar-refractivity contribution is -0.116. The molecule has 1 aromatic carbocycles. The van der Waals surface area contributed by atoms with Crippen molar-refractivity contribution in [3.63, 3.8) is 0 Å². The molecule has 0 amide bonds. The van der Waals surface area contributed by atoms with Gasteiger partial charge in [-0.25, -0.2) is 0 Å². The van der Waals surface area contributed by atoms with Crippen LogP contribution in [0.2, 0.25) is 5.02 Å². The molecule has 86 valence electrons. The summed E-state index contributed by atoms with van der Waals surface area (Å²) in [4.78, 5) is 13.7. The van der Waals surface area contributed by atoms with Gasteiger partial charge in [-0.15, -0.1) is 0 Å². The van der Waals surface area contributed by atoms with E-state index in [1.54, 1.807) is 0 Å². The van der Waals surface area contributed by atoms with Crippen molar-refractivity contribution in [1.29, 1.82) is 0 Å². The fraction of sp³-hybridized carbons (Fsp3) is 0.462. The van der Waals surface area contributed by atoms with Gasteiger partial charge >= 0.3 is 0 Å². The molecule has 2 rings (SSSR count). The smallest absolute Gasteiger partial charge is 0.154 e. The molecule has 3 heteroatoms. The van der Waals surface area contributed by atoms with Crippen molar-refractivity contribution in [2.75, 3.05) is 11.4 Å². The third-order valence-electron chi connectivity index (χ3n) is 3.22. The number of ketones is 1. The molecule has 0 N–H and O–H groups in total. The fourth-order valence-corrected chi connectivity index (χ4v) is 2.49. The molecule has 0 atom stereocenters. The summed E-state index contributed by atoms with van der Waals surface area (Å²) in [6, 6.07) is 5.84. The van der Waals surface area contributed by atoms with Gasteiger partial charge in [-0.3, -0.25) is 4.79 Å². The Labute approximate surface area is 101 Å². The second-order valence-electron chi connectivity index (χ2n) is 5.00. The molecular formula is C13H16ClNO. The van der Waals surface area contributed by atoms with Crippen LogP contribution < -0.4 is 4.90 Å². The number of hydrogen-bond donors (Lipinski definition) is 0. The Morgan fingerprint density at radius 2 is 2.06 bits per heavy atom. The zero-order chi connectivity index (χ0) is 11.9. The topological polar surface area (TPSA) is 20.3 Å². The van der Waals surface area contributed by atoms with Crippen LogP contribution in [-0.4, -0.2) is 17.9 Å². The Morgan fingerprint density at radius 1 is 1.38 bits per heavy atom. The van der Waals surface area contributed by atoms with Gasteiger partial charge in [0, 0.05) is 22.7 Å². The molecule has 1 saturated heterocycles. The van der Waals surface area contributed by atoms with Crippen molar-refractivity contribution < 1.29 is 4.79 Å². The standard InChI is InChI=1S/C13H16ClNO/c1-9-11(14)5-4-6-12(9)15-8-10(16)7-13(15,2)3/h4-6H,7-8H2,1-3H3. The Balaban J connectivity index is 2.45. The molecule has 0 aliphatic carbocycles. The highest BCUT2D eigenvalue weighted by Crippen LogP contribution is 2.35. The second-order valence-corrected chi connectivity index (χ2v) is 5.41. The molecule has 0 bridgehead atoms. The van der Waals surface area contributed by atoms with Gasteiger partial charge in [-0.1, -0.05) is 17.7 Å². The van der Waals surface area contributed by atoms with Crippen LogP contribution in [0.4, 0.5) is 5.69 Å². The van der Waals surface area contributed by atoms with E-state index in [-0.39, 0.29) is 5.54 Å². The predicted molar refractivity (Wildman–Crippen MR) is 67.2 cm³/mol. The van der Waals surface area contributed by atoms with Crippen LogP contribution in [0, 0.1) is 6.92 Å². The maximum Gasteiger partial charge on any atom is 0.154 e. The summed E-state index contributed by atoms with van der Waals surface area (Å²) in [7, 11) is 0. The first-order chi connectivity index (χ1) is 7.42. The van der Waals surface area contributed by atoms with Crippen molar-refractivity contribution >= 4 is 23.1 Å². The summed E-state index contributed by atoms with van der Waals surface area (Å²) in [5.41, 5.74) is 2.02. The van der Waals surface area contributed by atoms with E-state index in [4.69, 9.17) is 11.6 Å². The number of nitrogens with zero attached hydrogens (tertiary/aromatic N) is 1. The molecule has 1 aliphatic rings. The quantitative estimate of drug-likeness (QED) is 0.748. The van der Waals surface area contributed by atoms with E-state index < -0.39 is 0 Å². The predicted octanol–water partition coefficient (Wildman–Crippen LogP) is 3.21. The largest absolute Gasteiger partial charge is 0.358 e. The first-order valence-electron chi connectivity index (χ1n) is 5.46. The highest BCUT2D eigenvalue weighted by Gasteiger charge is 2.37. The molecule has 1 aliphatic heterocycles. The molecule has 0 unspecified atom stereocenters. The average molecular weight is 238 g/mol. The molecule has 1 fully saturated rings. The van der Waals surface area contributed by atoms with E-state index >= 15 is 0 Å². The highest BCUT2D eigenvalue weighted by molar-refractivity contribution is 6.31. The minimum atomic E-state index is -0.105. The van der Waals surface area contributed by atoms with Crippen LogP contribution >= 0.6 is 11.6 Å². The minimum absolute atomic E-state index is 0.105. The van der Waals surface area contributed by atoms with Crippen LogP contribution in [0.25, 0.3) is 0 Å². The van der Waals surface area contributed by atoms with Gasteiger partial charge < -0.3 is 4.90 Å². The van der Waals surface area contributed by atoms with Crippen LogP contribution in [0.15, 0.2) is 18.2 Å². The number of carbonyl (C=O) groups is 1. The number of anilines is 1. The van der Waals surface area contributed by atoms with Crippen molar-refractivity contribution in [2.24, 2.45) is 0 Å². The molecular weight excluding hydrogens is 222 g/mol. The summed E-state index contributed by atoms with van der Waals surface area (Å²) in [5, 5.41) is 0.757. The van der Waals surface area contributed by atoms with Gasteiger partial charge in [0.25, 0.3) is 0 Å². The third-order valence-corrected chi connectivity index (χ3v) is 3.63. The molecule has 0 saturated carbocycles. The third kappa shape index (κ3) is 1.82. The Kier molecular flexibility index (Phi) is 2.70. The Morgan fingerprint density at radius 3 is 2.62 bits per heavy atom. The molecule has 2 nitrogen and oxygen atoms in total. The zero-order valence-electron chi connectivity index (χ0n) is 9.88. The number of rotatable bonds is 1. The summed E-state index contributed by atoms with van der Waals surface area (Å²) in [6.45, 7) is 6.68. The SMILES string of the molecule is Cc1c(Cl)cccc1N1CC(=O)CC1(C)C. The monoisotopic (exact) mass is 237 g/mol. The van der Waals surface area contributed by atoms with Gasteiger partial charge in [-0.2, -0.15) is 0 Å². The van der Waals surface area contributed by atoms with Gasteiger partial charge in [0.15, 0.2) is 5.78 Å². The number of hydrogen-bond acceptors (Lipinski definition) is 2. The lowest BCUT2D eigenvalue weighted by atomic mass is 10.0. The number of Topliss-reactive ketones (excluding diaryl/α,β-unsaturated/α-hetero) is 1. The number of benzene rings is 1. The molecule has 0 radical (unpaired) electrons. The maximum atomic E-state index is 11.6. The van der Waals surface area contributed by atoms with Crippen LogP contribution in [0.1, 0.15) is 25.8 Å². The van der Waals surface area contributed by atoms with E-state index in [1.807, 2.05) is 25.1 Å². The summed E-state index contributed by atoms with van der Waals surface area (Å²) in [5.74, 6) is 0.296. The van der Waals surface area contributed by atoms with E-state index in [1.165, 1.54) is 0 Å². The van der Waals surface area contributed by atoms with E-state index in [9.17, 15) is 4.79 Å². The van der Waals surface area contributed by atoms with Crippen LogP contribution in [0.3, 0.4) is 0 Å². The normalized spacial score (nSPS) is 19.2. The maximum absolute atomic E-state index is 11.6. The van der Waals surface area contributed by atoms with Gasteiger partial charge in [0.05, 0.1) is 6.54 Å². The van der Waals surface area contributed by atoms with E-state index in [0.29, 0.717) is 18.7 Å². The number of carbonyl (C=O) groups excluding carboxylic acids is 1. The van der Waals surface area contributed by atoms with Gasteiger partial charge in [-0.05, 0) is 38.5 Å². The lowest BCUT2D eigenvalue weighted by Gasteiger charge is -2.34. The zero-order valence-corrected chi connectivity index (χ0v) is 10.6. The molecule has 16 heavy (non-hydrogen) atoms.